The van der Waals surface area contributed by atoms with E-state index in [0.29, 0.717) is 22.1 Å². The highest BCUT2D eigenvalue weighted by atomic mass is 79.9. The van der Waals surface area contributed by atoms with Gasteiger partial charge in [0, 0.05) is 12.2 Å². The van der Waals surface area contributed by atoms with E-state index >= 15 is 0 Å². The Morgan fingerprint density at radius 1 is 1.59 bits per heavy atom. The molecule has 1 atom stereocenters. The molecule has 0 radical (unpaired) electrons. The molecule has 4 N–H and O–H groups in total. The minimum atomic E-state index is -0.886. The molecule has 1 amide bonds. The lowest BCUT2D eigenvalue weighted by Crippen LogP contribution is -2.40. The Kier molecular flexibility index (Phi) is 4.54. The van der Waals surface area contributed by atoms with Crippen molar-refractivity contribution in [1.82, 2.24) is 5.32 Å². The summed E-state index contributed by atoms with van der Waals surface area (Å²) in [6.07, 6.45) is 0.575. The smallest absolute Gasteiger partial charge is 0.252 e. The number of carbonyl (C=O) groups excluding carboxylic acids is 1. The zero-order valence-corrected chi connectivity index (χ0v) is 11.5. The molecule has 94 valence electrons. The monoisotopic (exact) mass is 300 g/mol. The fourth-order valence-electron chi connectivity index (χ4n) is 1.22. The lowest BCUT2D eigenvalue weighted by atomic mass is 10.0. The van der Waals surface area contributed by atoms with E-state index in [4.69, 9.17) is 5.73 Å². The van der Waals surface area contributed by atoms with Gasteiger partial charge in [0.2, 0.25) is 0 Å². The van der Waals surface area contributed by atoms with Gasteiger partial charge in [0.1, 0.15) is 0 Å². The fraction of sp³-hybridized carbons (Fsp3) is 0.417. The Morgan fingerprint density at radius 2 is 2.24 bits per heavy atom. The fourth-order valence-corrected chi connectivity index (χ4v) is 1.66. The number of amides is 1. The Labute approximate surface area is 109 Å². The minimum absolute atomic E-state index is 0.212. The summed E-state index contributed by atoms with van der Waals surface area (Å²) in [5.74, 6) is -0.252. The van der Waals surface area contributed by atoms with Crippen molar-refractivity contribution in [1.29, 1.82) is 0 Å². The number of halogens is 1. The van der Waals surface area contributed by atoms with Crippen LogP contribution in [0.3, 0.4) is 0 Å². The molecule has 1 aromatic carbocycles. The molecule has 4 nitrogen and oxygen atoms in total. The van der Waals surface area contributed by atoms with Crippen molar-refractivity contribution in [2.24, 2.45) is 0 Å². The van der Waals surface area contributed by atoms with Crippen LogP contribution in [0.15, 0.2) is 22.7 Å². The first-order valence-corrected chi connectivity index (χ1v) is 6.21. The van der Waals surface area contributed by atoms with E-state index in [9.17, 15) is 9.90 Å². The van der Waals surface area contributed by atoms with E-state index in [-0.39, 0.29) is 12.5 Å². The van der Waals surface area contributed by atoms with Gasteiger partial charge in [-0.05, 0) is 41.4 Å². The zero-order valence-electron chi connectivity index (χ0n) is 9.96. The predicted octanol–water partition coefficient (Wildman–Crippen LogP) is 1.92. The van der Waals surface area contributed by atoms with Gasteiger partial charge in [-0.3, -0.25) is 4.79 Å². The molecule has 0 aliphatic heterocycles. The summed E-state index contributed by atoms with van der Waals surface area (Å²) in [4.78, 5) is 11.9. The maximum Gasteiger partial charge on any atom is 0.252 e. The third kappa shape index (κ3) is 3.71. The summed E-state index contributed by atoms with van der Waals surface area (Å²) in [6.45, 7) is 3.76. The predicted molar refractivity (Wildman–Crippen MR) is 71.8 cm³/mol. The van der Waals surface area contributed by atoms with Crippen LogP contribution in [0.5, 0.6) is 0 Å². The lowest BCUT2D eigenvalue weighted by molar-refractivity contribution is 0.0518. The maximum absolute atomic E-state index is 11.9. The van der Waals surface area contributed by atoms with E-state index in [2.05, 4.69) is 21.2 Å². The Bertz CT molecular complexity index is 419. The number of nitrogens with two attached hydrogens (primary N) is 1. The van der Waals surface area contributed by atoms with Crippen molar-refractivity contribution in [3.8, 4) is 0 Å². The van der Waals surface area contributed by atoms with Crippen LogP contribution >= 0.6 is 15.9 Å². The number of benzene rings is 1. The van der Waals surface area contributed by atoms with E-state index in [1.54, 1.807) is 25.1 Å². The van der Waals surface area contributed by atoms with E-state index in [1.165, 1.54) is 0 Å². The molecule has 0 aliphatic rings. The second-order valence-corrected chi connectivity index (χ2v) is 5.03. The zero-order chi connectivity index (χ0) is 13.1. The summed E-state index contributed by atoms with van der Waals surface area (Å²) < 4.78 is 0.577. The van der Waals surface area contributed by atoms with Crippen molar-refractivity contribution in [3.05, 3.63) is 28.2 Å². The Morgan fingerprint density at radius 3 is 2.82 bits per heavy atom. The standard InChI is InChI=1S/C12H17BrN2O2/c1-3-12(2,17)7-15-11(16)8-5-4-6-9(14)10(8)13/h4-6,17H,3,7,14H2,1-2H3,(H,15,16). The average molecular weight is 301 g/mol. The molecule has 17 heavy (non-hydrogen) atoms. The van der Waals surface area contributed by atoms with Gasteiger partial charge >= 0.3 is 0 Å². The van der Waals surface area contributed by atoms with Gasteiger partial charge in [-0.15, -0.1) is 0 Å². The van der Waals surface area contributed by atoms with Crippen molar-refractivity contribution >= 4 is 27.5 Å². The van der Waals surface area contributed by atoms with E-state index in [1.807, 2.05) is 6.92 Å². The number of carbonyl (C=O) groups is 1. The molecule has 0 saturated carbocycles. The van der Waals surface area contributed by atoms with Gasteiger partial charge in [0.15, 0.2) is 0 Å². The minimum Gasteiger partial charge on any atom is -0.398 e. The van der Waals surface area contributed by atoms with Crippen molar-refractivity contribution < 1.29 is 9.90 Å². The molecule has 0 spiro atoms. The normalized spacial score (nSPS) is 14.1. The summed E-state index contributed by atoms with van der Waals surface area (Å²) in [7, 11) is 0. The largest absolute Gasteiger partial charge is 0.398 e. The summed E-state index contributed by atoms with van der Waals surface area (Å²) in [5.41, 5.74) is 5.79. The van der Waals surface area contributed by atoms with Gasteiger partial charge in [0.05, 0.1) is 15.6 Å². The van der Waals surface area contributed by atoms with Crippen LogP contribution in [-0.4, -0.2) is 23.2 Å². The average Bonchev–Trinajstić information content (AvgIpc) is 2.30. The second kappa shape index (κ2) is 5.51. The van der Waals surface area contributed by atoms with Crippen molar-refractivity contribution in [3.63, 3.8) is 0 Å². The molecule has 5 heteroatoms. The number of nitrogens with one attached hydrogen (secondary N) is 1. The summed E-state index contributed by atoms with van der Waals surface area (Å²) in [5, 5.41) is 12.5. The molecule has 1 unspecified atom stereocenters. The van der Waals surface area contributed by atoms with E-state index < -0.39 is 5.60 Å². The number of hydrogen-bond donors (Lipinski definition) is 3. The number of rotatable bonds is 4. The SMILES string of the molecule is CCC(C)(O)CNC(=O)c1cccc(N)c1Br. The molecular formula is C12H17BrN2O2. The molecule has 0 aliphatic carbocycles. The van der Waals surface area contributed by atoms with Crippen LogP contribution in [0.25, 0.3) is 0 Å². The van der Waals surface area contributed by atoms with Crippen LogP contribution in [0.4, 0.5) is 5.69 Å². The van der Waals surface area contributed by atoms with Gasteiger partial charge in [0.25, 0.3) is 5.91 Å². The van der Waals surface area contributed by atoms with Crippen LogP contribution in [0.1, 0.15) is 30.6 Å². The maximum atomic E-state index is 11.9. The highest BCUT2D eigenvalue weighted by Crippen LogP contribution is 2.23. The van der Waals surface area contributed by atoms with Crippen LogP contribution in [0, 0.1) is 0 Å². The number of aliphatic hydroxyl groups is 1. The first-order chi connectivity index (χ1) is 7.87. The summed E-state index contributed by atoms with van der Waals surface area (Å²) >= 11 is 3.27. The quantitative estimate of drug-likeness (QED) is 0.744. The molecular weight excluding hydrogens is 284 g/mol. The van der Waals surface area contributed by atoms with Crippen molar-refractivity contribution in [2.45, 2.75) is 25.9 Å². The first-order valence-electron chi connectivity index (χ1n) is 5.42. The third-order valence-corrected chi connectivity index (χ3v) is 3.55. The number of hydrogen-bond acceptors (Lipinski definition) is 3. The summed E-state index contributed by atoms with van der Waals surface area (Å²) in [6, 6.07) is 5.10. The Balaban J connectivity index is 2.74. The van der Waals surface area contributed by atoms with Crippen LogP contribution in [-0.2, 0) is 0 Å². The van der Waals surface area contributed by atoms with E-state index in [0.717, 1.165) is 0 Å². The first kappa shape index (κ1) is 14.0. The van der Waals surface area contributed by atoms with Crippen LogP contribution < -0.4 is 11.1 Å². The third-order valence-electron chi connectivity index (χ3n) is 2.66. The molecule has 0 heterocycles. The molecule has 1 aromatic rings. The molecule has 0 bridgehead atoms. The molecule has 0 aromatic heterocycles. The van der Waals surface area contributed by atoms with Crippen molar-refractivity contribution in [2.75, 3.05) is 12.3 Å². The Hall–Kier alpha value is -1.07. The number of anilines is 1. The molecule has 0 saturated heterocycles. The van der Waals surface area contributed by atoms with Crippen LogP contribution in [0.2, 0.25) is 0 Å². The number of nitrogen functional groups attached to an aromatic ring is 1. The van der Waals surface area contributed by atoms with Gasteiger partial charge < -0.3 is 16.2 Å². The lowest BCUT2D eigenvalue weighted by Gasteiger charge is -2.21. The highest BCUT2D eigenvalue weighted by Gasteiger charge is 2.19. The van der Waals surface area contributed by atoms with Gasteiger partial charge in [-0.1, -0.05) is 13.0 Å². The topological polar surface area (TPSA) is 75.3 Å². The second-order valence-electron chi connectivity index (χ2n) is 4.24. The molecule has 0 fully saturated rings. The van der Waals surface area contributed by atoms with Gasteiger partial charge in [-0.2, -0.15) is 0 Å². The van der Waals surface area contributed by atoms with Gasteiger partial charge in [-0.25, -0.2) is 0 Å². The highest BCUT2D eigenvalue weighted by molar-refractivity contribution is 9.10. The molecule has 1 rings (SSSR count).